The second-order valence-corrected chi connectivity index (χ2v) is 9.65. The van der Waals surface area contributed by atoms with Gasteiger partial charge in [0.15, 0.2) is 5.60 Å². The van der Waals surface area contributed by atoms with E-state index in [2.05, 4.69) is 15.3 Å². The maximum Gasteiger partial charge on any atom is 0.273 e. The second-order valence-electron chi connectivity index (χ2n) is 9.65. The quantitative estimate of drug-likeness (QED) is 0.666. The molecule has 0 unspecified atom stereocenters. The van der Waals surface area contributed by atoms with Crippen LogP contribution in [0.2, 0.25) is 0 Å². The van der Waals surface area contributed by atoms with E-state index in [9.17, 15) is 13.6 Å². The Morgan fingerprint density at radius 2 is 2.03 bits per heavy atom. The molecule has 0 spiro atoms. The molecule has 1 amide bonds. The lowest BCUT2D eigenvalue weighted by atomic mass is 9.92. The number of hydrogen-bond donors (Lipinski definition) is 1. The van der Waals surface area contributed by atoms with Crippen molar-refractivity contribution in [3.8, 4) is 0 Å². The maximum absolute atomic E-state index is 15.0. The van der Waals surface area contributed by atoms with E-state index in [4.69, 9.17) is 9.47 Å². The summed E-state index contributed by atoms with van der Waals surface area (Å²) in [6.45, 7) is 5.20. The molecule has 1 aromatic carbocycles. The number of alkyl halides is 2. The molecule has 4 heterocycles. The number of carbonyl (C=O) groups is 1. The number of ether oxygens (including phenoxy) is 2. The molecule has 5 rings (SSSR count). The first kappa shape index (κ1) is 24.8. The zero-order valence-corrected chi connectivity index (χ0v) is 20.6. The van der Waals surface area contributed by atoms with Gasteiger partial charge in [-0.05, 0) is 6.92 Å². The zero-order valence-electron chi connectivity index (χ0n) is 20.6. The summed E-state index contributed by atoms with van der Waals surface area (Å²) < 4.78 is 54.0. The number of hydrogen-bond acceptors (Lipinski definition) is 7. The third-order valence-electron chi connectivity index (χ3n) is 7.37. The van der Waals surface area contributed by atoms with Crippen molar-refractivity contribution < 1.29 is 27.4 Å². The van der Waals surface area contributed by atoms with E-state index in [-0.39, 0.29) is 11.5 Å². The molecule has 0 bridgehead atoms. The van der Waals surface area contributed by atoms with Crippen LogP contribution in [0.25, 0.3) is 0 Å². The molecule has 1 aromatic rings. The molecule has 11 heteroatoms. The molecular formula is C25H30F3N5O3. The number of fused-ring (bicyclic) bond motifs is 2. The minimum atomic E-state index is -3.30. The molecule has 0 aromatic heterocycles. The number of amides is 1. The molecule has 1 N–H and O–H groups in total. The molecule has 1 atom stereocenters. The normalized spacial score (nSPS) is 22.2. The minimum absolute atomic E-state index is 0.100. The Hall–Kier alpha value is -2.92. The highest BCUT2D eigenvalue weighted by molar-refractivity contribution is 6.10. The predicted molar refractivity (Wildman–Crippen MR) is 127 cm³/mol. The minimum Gasteiger partial charge on any atom is -0.381 e. The van der Waals surface area contributed by atoms with E-state index in [1.165, 1.54) is 12.1 Å². The first-order valence-corrected chi connectivity index (χ1v) is 12.1. The van der Waals surface area contributed by atoms with Crippen molar-refractivity contribution in [1.29, 1.82) is 0 Å². The van der Waals surface area contributed by atoms with Crippen LogP contribution in [0.4, 0.5) is 13.2 Å². The lowest BCUT2D eigenvalue weighted by molar-refractivity contribution is -0.165. The summed E-state index contributed by atoms with van der Waals surface area (Å²) >= 11 is 0. The average molecular weight is 506 g/mol. The molecule has 1 saturated heterocycles. The fraction of sp³-hybridized carbons (Fsp3) is 0.560. The summed E-state index contributed by atoms with van der Waals surface area (Å²) in [6, 6.07) is 3.35. The lowest BCUT2D eigenvalue weighted by Crippen LogP contribution is -2.53. The fourth-order valence-electron chi connectivity index (χ4n) is 5.29. The summed E-state index contributed by atoms with van der Waals surface area (Å²) in [5.74, 6) is -3.35. The van der Waals surface area contributed by atoms with Crippen LogP contribution in [-0.4, -0.2) is 79.6 Å². The number of guanidine groups is 1. The summed E-state index contributed by atoms with van der Waals surface area (Å²) in [6.07, 6.45) is 0.960. The number of halogens is 3. The van der Waals surface area contributed by atoms with Gasteiger partial charge >= 0.3 is 0 Å². The number of amidine groups is 1. The van der Waals surface area contributed by atoms with Gasteiger partial charge in [-0.15, -0.1) is 0 Å². The standard InChI is InChI=1S/C25H30F3N5O3/c1-15(16-5-4-6-18(20(16)26)24(2,27)28)30-21-17-13-32(14-19(17)33-10-9-29-23(33)31-21)22(34)25(35-3)7-11-36-12-8-25/h4-6,15H,7-14H2,1-3H3,(H,29,30,31)/t15-/m1/s1. The highest BCUT2D eigenvalue weighted by atomic mass is 19.3. The Bertz CT molecular complexity index is 1150. The van der Waals surface area contributed by atoms with Crippen molar-refractivity contribution in [3.05, 3.63) is 46.4 Å². The largest absolute Gasteiger partial charge is 0.381 e. The number of carbonyl (C=O) groups excluding carboxylic acids is 1. The topological polar surface area (TPSA) is 78.8 Å². The van der Waals surface area contributed by atoms with Crippen molar-refractivity contribution >= 4 is 17.7 Å². The lowest BCUT2D eigenvalue weighted by Gasteiger charge is -2.37. The maximum atomic E-state index is 15.0. The third kappa shape index (κ3) is 4.17. The van der Waals surface area contributed by atoms with E-state index >= 15 is 4.39 Å². The Labute approximate surface area is 207 Å². The number of aliphatic imine (C=N–C) groups is 2. The number of methoxy groups -OCH3 is 1. The predicted octanol–water partition coefficient (Wildman–Crippen LogP) is 2.96. The molecule has 0 radical (unpaired) electrons. The van der Waals surface area contributed by atoms with E-state index in [0.717, 1.165) is 17.3 Å². The Kier molecular flexibility index (Phi) is 6.32. The Balaban J connectivity index is 1.41. The molecule has 1 fully saturated rings. The van der Waals surface area contributed by atoms with Gasteiger partial charge in [0.25, 0.3) is 11.8 Å². The van der Waals surface area contributed by atoms with E-state index < -0.39 is 28.9 Å². The molecule has 4 aliphatic heterocycles. The fourth-order valence-corrected chi connectivity index (χ4v) is 5.29. The van der Waals surface area contributed by atoms with Crippen LogP contribution in [0, 0.1) is 5.82 Å². The summed E-state index contributed by atoms with van der Waals surface area (Å²) in [5, 5.41) is 3.21. The molecule has 8 nitrogen and oxygen atoms in total. The van der Waals surface area contributed by atoms with E-state index in [0.29, 0.717) is 71.0 Å². The van der Waals surface area contributed by atoms with Gasteiger partial charge in [-0.2, -0.15) is 4.99 Å². The molecule has 194 valence electrons. The molecule has 36 heavy (non-hydrogen) atoms. The van der Waals surface area contributed by atoms with Gasteiger partial charge in [-0.3, -0.25) is 4.79 Å². The van der Waals surface area contributed by atoms with Crippen molar-refractivity contribution in [2.45, 2.75) is 44.3 Å². The van der Waals surface area contributed by atoms with Gasteiger partial charge in [0.1, 0.15) is 11.7 Å². The summed E-state index contributed by atoms with van der Waals surface area (Å²) in [5.41, 5.74) is 0.260. The van der Waals surface area contributed by atoms with Crippen LogP contribution in [-0.2, 0) is 20.2 Å². The van der Waals surface area contributed by atoms with Gasteiger partial charge in [0.05, 0.1) is 31.2 Å². The van der Waals surface area contributed by atoms with Crippen LogP contribution >= 0.6 is 0 Å². The Morgan fingerprint density at radius 3 is 2.72 bits per heavy atom. The molecule has 0 aliphatic carbocycles. The summed E-state index contributed by atoms with van der Waals surface area (Å²) in [4.78, 5) is 26.5. The van der Waals surface area contributed by atoms with Crippen LogP contribution in [0.5, 0.6) is 0 Å². The third-order valence-corrected chi connectivity index (χ3v) is 7.37. The second kappa shape index (κ2) is 9.19. The summed E-state index contributed by atoms with van der Waals surface area (Å²) in [7, 11) is 1.55. The first-order chi connectivity index (χ1) is 17.1. The van der Waals surface area contributed by atoms with Crippen molar-refractivity contribution in [2.24, 2.45) is 9.98 Å². The monoisotopic (exact) mass is 505 g/mol. The van der Waals surface area contributed by atoms with Crippen LogP contribution in [0.3, 0.4) is 0 Å². The van der Waals surface area contributed by atoms with Gasteiger partial charge < -0.3 is 24.6 Å². The highest BCUT2D eigenvalue weighted by Gasteiger charge is 2.47. The number of nitrogens with one attached hydrogen (secondary N) is 1. The van der Waals surface area contributed by atoms with Crippen molar-refractivity contribution in [3.63, 3.8) is 0 Å². The first-order valence-electron chi connectivity index (χ1n) is 12.1. The van der Waals surface area contributed by atoms with E-state index in [1.54, 1.807) is 18.9 Å². The van der Waals surface area contributed by atoms with E-state index in [1.807, 2.05) is 4.90 Å². The van der Waals surface area contributed by atoms with Gasteiger partial charge in [-0.1, -0.05) is 18.2 Å². The van der Waals surface area contributed by atoms with Crippen molar-refractivity contribution in [1.82, 2.24) is 15.1 Å². The van der Waals surface area contributed by atoms with Crippen molar-refractivity contribution in [2.75, 3.05) is 46.5 Å². The van der Waals surface area contributed by atoms with Crippen LogP contribution in [0.15, 0.2) is 39.5 Å². The number of rotatable bonds is 5. The number of nitrogens with zero attached hydrogens (tertiary/aromatic N) is 4. The van der Waals surface area contributed by atoms with Gasteiger partial charge in [0, 0.05) is 63.5 Å². The van der Waals surface area contributed by atoms with Gasteiger partial charge in [0.2, 0.25) is 5.96 Å². The van der Waals surface area contributed by atoms with Gasteiger partial charge in [-0.25, -0.2) is 18.2 Å². The smallest absolute Gasteiger partial charge is 0.273 e. The zero-order chi connectivity index (χ0) is 25.7. The average Bonchev–Trinajstić information content (AvgIpc) is 3.50. The Morgan fingerprint density at radius 1 is 1.28 bits per heavy atom. The van der Waals surface area contributed by atoms with Crippen LogP contribution in [0.1, 0.15) is 43.9 Å². The number of benzene rings is 1. The van der Waals surface area contributed by atoms with Crippen LogP contribution < -0.4 is 5.32 Å². The molecule has 4 aliphatic rings. The molecule has 0 saturated carbocycles. The molecular weight excluding hydrogens is 475 g/mol. The highest BCUT2D eigenvalue weighted by Crippen LogP contribution is 2.35. The SMILES string of the molecule is COC1(C(=O)N2CC3=C(C2)N2CCN=C2N=C3N[C@H](C)c2cccc(C(C)(F)F)c2F)CCOCC1.